The van der Waals surface area contributed by atoms with Crippen molar-refractivity contribution >= 4 is 17.4 Å². The molecule has 2 aromatic heterocycles. The van der Waals surface area contributed by atoms with Gasteiger partial charge in [0.15, 0.2) is 0 Å². The van der Waals surface area contributed by atoms with Crippen LogP contribution in [0.1, 0.15) is 27.5 Å². The monoisotopic (exact) mass is 355 g/mol. The first-order chi connectivity index (χ1) is 12.1. The number of rotatable bonds is 5. The maximum atomic E-state index is 12.1. The highest BCUT2D eigenvalue weighted by molar-refractivity contribution is 7.09. The molecule has 0 spiro atoms. The summed E-state index contributed by atoms with van der Waals surface area (Å²) in [5.41, 5.74) is 6.74. The van der Waals surface area contributed by atoms with Gasteiger partial charge in [-0.25, -0.2) is 14.5 Å². The van der Waals surface area contributed by atoms with E-state index in [1.54, 1.807) is 16.8 Å². The average molecular weight is 355 g/mol. The molecule has 0 fully saturated rings. The van der Waals surface area contributed by atoms with Crippen LogP contribution in [0, 0.1) is 20.8 Å². The molecule has 2 N–H and O–H groups in total. The Morgan fingerprint density at radius 3 is 2.48 bits per heavy atom. The van der Waals surface area contributed by atoms with Gasteiger partial charge in [0, 0.05) is 22.7 Å². The first-order valence-electron chi connectivity index (χ1n) is 8.07. The summed E-state index contributed by atoms with van der Waals surface area (Å²) in [5.74, 6) is 0. The Labute approximate surface area is 150 Å². The summed E-state index contributed by atoms with van der Waals surface area (Å²) in [6, 6.07) is 9.78. The van der Waals surface area contributed by atoms with Gasteiger partial charge in [-0.3, -0.25) is 0 Å². The third-order valence-electron chi connectivity index (χ3n) is 4.12. The van der Waals surface area contributed by atoms with E-state index < -0.39 is 0 Å². The molecule has 6 nitrogen and oxygen atoms in total. The van der Waals surface area contributed by atoms with E-state index in [-0.39, 0.29) is 6.03 Å². The molecular weight excluding hydrogens is 334 g/mol. The van der Waals surface area contributed by atoms with Crippen LogP contribution >= 0.6 is 11.3 Å². The van der Waals surface area contributed by atoms with Gasteiger partial charge in [0.25, 0.3) is 0 Å². The van der Waals surface area contributed by atoms with Crippen molar-refractivity contribution in [2.45, 2.75) is 33.9 Å². The molecule has 0 aliphatic heterocycles. The lowest BCUT2D eigenvalue weighted by molar-refractivity contribution is 0.240. The van der Waals surface area contributed by atoms with Crippen molar-refractivity contribution in [3.63, 3.8) is 0 Å². The minimum Gasteiger partial charge on any atom is -0.334 e. The van der Waals surface area contributed by atoms with Crippen molar-refractivity contribution in [1.29, 1.82) is 0 Å². The van der Waals surface area contributed by atoms with E-state index in [1.807, 2.05) is 55.8 Å². The number of thiazole rings is 1. The number of para-hydroxylation sites is 1. The quantitative estimate of drug-likeness (QED) is 0.738. The Morgan fingerprint density at radius 1 is 1.08 bits per heavy atom. The second-order valence-electron chi connectivity index (χ2n) is 5.79. The number of nitrogens with zero attached hydrogens (tertiary/aromatic N) is 3. The Morgan fingerprint density at radius 2 is 1.80 bits per heavy atom. The largest absolute Gasteiger partial charge is 0.334 e. The molecule has 2 amide bonds. The maximum Gasteiger partial charge on any atom is 0.315 e. The van der Waals surface area contributed by atoms with Gasteiger partial charge in [-0.1, -0.05) is 18.2 Å². The molecule has 2 heterocycles. The number of urea groups is 1. The van der Waals surface area contributed by atoms with E-state index in [0.29, 0.717) is 13.1 Å². The summed E-state index contributed by atoms with van der Waals surface area (Å²) in [4.78, 5) is 17.3. The SMILES string of the molecule is Cc1ncsc1CNC(=O)NCc1c(C)nn(-c2ccccc2)c1C. The van der Waals surface area contributed by atoms with Crippen molar-refractivity contribution in [3.05, 3.63) is 63.4 Å². The number of aromatic nitrogens is 3. The highest BCUT2D eigenvalue weighted by Gasteiger charge is 2.13. The van der Waals surface area contributed by atoms with Gasteiger partial charge >= 0.3 is 6.03 Å². The van der Waals surface area contributed by atoms with E-state index in [4.69, 9.17) is 0 Å². The van der Waals surface area contributed by atoms with Crippen LogP contribution in [0.4, 0.5) is 4.79 Å². The first-order valence-corrected chi connectivity index (χ1v) is 8.95. The zero-order chi connectivity index (χ0) is 17.8. The van der Waals surface area contributed by atoms with Gasteiger partial charge in [0.2, 0.25) is 0 Å². The summed E-state index contributed by atoms with van der Waals surface area (Å²) < 4.78 is 1.91. The number of hydrogen-bond acceptors (Lipinski definition) is 4. The molecule has 0 radical (unpaired) electrons. The Bertz CT molecular complexity index is 869. The molecule has 0 aliphatic rings. The van der Waals surface area contributed by atoms with Crippen LogP contribution in [-0.2, 0) is 13.1 Å². The lowest BCUT2D eigenvalue weighted by Crippen LogP contribution is -2.34. The second-order valence-corrected chi connectivity index (χ2v) is 6.73. The summed E-state index contributed by atoms with van der Waals surface area (Å²) in [5, 5.41) is 10.4. The highest BCUT2D eigenvalue weighted by Crippen LogP contribution is 2.17. The molecule has 0 saturated carbocycles. The number of carbonyl (C=O) groups excluding carboxylic acids is 1. The van der Waals surface area contributed by atoms with Crippen molar-refractivity contribution in [2.24, 2.45) is 0 Å². The van der Waals surface area contributed by atoms with E-state index in [1.165, 1.54) is 0 Å². The third kappa shape index (κ3) is 3.88. The van der Waals surface area contributed by atoms with Crippen LogP contribution in [-0.4, -0.2) is 20.8 Å². The molecule has 25 heavy (non-hydrogen) atoms. The summed E-state index contributed by atoms with van der Waals surface area (Å²) >= 11 is 1.54. The minimum atomic E-state index is -0.195. The predicted octanol–water partition coefficient (Wildman–Crippen LogP) is 3.25. The third-order valence-corrected chi connectivity index (χ3v) is 5.06. The number of aryl methyl sites for hydroxylation is 2. The molecule has 0 saturated heterocycles. The molecule has 3 rings (SSSR count). The standard InChI is InChI=1S/C18H21N5OS/c1-12-16(14(3)23(22-12)15-7-5-4-6-8-15)9-19-18(24)20-10-17-13(2)21-11-25-17/h4-8,11H,9-10H2,1-3H3,(H2,19,20,24). The van der Waals surface area contributed by atoms with E-state index >= 15 is 0 Å². The molecule has 130 valence electrons. The number of amides is 2. The molecule has 3 aromatic rings. The van der Waals surface area contributed by atoms with Gasteiger partial charge < -0.3 is 10.6 Å². The molecule has 0 bridgehead atoms. The second kappa shape index (κ2) is 7.48. The number of nitrogens with one attached hydrogen (secondary N) is 2. The molecule has 0 atom stereocenters. The van der Waals surface area contributed by atoms with Crippen molar-refractivity contribution in [1.82, 2.24) is 25.4 Å². The Balaban J connectivity index is 1.62. The van der Waals surface area contributed by atoms with Crippen LogP contribution in [0.15, 0.2) is 35.8 Å². The topological polar surface area (TPSA) is 71.8 Å². The molecule has 0 unspecified atom stereocenters. The van der Waals surface area contributed by atoms with Gasteiger partial charge in [-0.15, -0.1) is 11.3 Å². The van der Waals surface area contributed by atoms with E-state index in [9.17, 15) is 4.79 Å². The van der Waals surface area contributed by atoms with Gasteiger partial charge in [0.1, 0.15) is 0 Å². The molecule has 7 heteroatoms. The number of hydrogen-bond donors (Lipinski definition) is 2. The summed E-state index contributed by atoms with van der Waals surface area (Å²) in [7, 11) is 0. The summed E-state index contributed by atoms with van der Waals surface area (Å²) in [6.45, 7) is 6.85. The highest BCUT2D eigenvalue weighted by atomic mass is 32.1. The first kappa shape index (κ1) is 17.2. The molecular formula is C18H21N5OS. The zero-order valence-corrected chi connectivity index (χ0v) is 15.4. The lowest BCUT2D eigenvalue weighted by Gasteiger charge is -2.08. The van der Waals surface area contributed by atoms with Crippen LogP contribution < -0.4 is 10.6 Å². The molecule has 0 aliphatic carbocycles. The fraction of sp³-hybridized carbons (Fsp3) is 0.278. The van der Waals surface area contributed by atoms with Crippen LogP contribution in [0.2, 0.25) is 0 Å². The predicted molar refractivity (Wildman–Crippen MR) is 99.0 cm³/mol. The van der Waals surface area contributed by atoms with E-state index in [2.05, 4.69) is 20.7 Å². The van der Waals surface area contributed by atoms with Crippen LogP contribution in [0.5, 0.6) is 0 Å². The van der Waals surface area contributed by atoms with Crippen molar-refractivity contribution in [3.8, 4) is 5.69 Å². The van der Waals surface area contributed by atoms with Gasteiger partial charge in [0.05, 0.1) is 29.1 Å². The lowest BCUT2D eigenvalue weighted by atomic mass is 10.2. The fourth-order valence-electron chi connectivity index (χ4n) is 2.64. The Kier molecular flexibility index (Phi) is 5.14. The van der Waals surface area contributed by atoms with Crippen LogP contribution in [0.25, 0.3) is 5.69 Å². The zero-order valence-electron chi connectivity index (χ0n) is 14.5. The Hall–Kier alpha value is -2.67. The van der Waals surface area contributed by atoms with Crippen molar-refractivity contribution in [2.75, 3.05) is 0 Å². The fourth-order valence-corrected chi connectivity index (χ4v) is 3.36. The molecule has 1 aromatic carbocycles. The van der Waals surface area contributed by atoms with Crippen molar-refractivity contribution < 1.29 is 4.79 Å². The van der Waals surface area contributed by atoms with Gasteiger partial charge in [-0.05, 0) is 32.9 Å². The normalized spacial score (nSPS) is 10.7. The smallest absolute Gasteiger partial charge is 0.315 e. The summed E-state index contributed by atoms with van der Waals surface area (Å²) in [6.07, 6.45) is 0. The number of carbonyl (C=O) groups is 1. The number of benzene rings is 1. The van der Waals surface area contributed by atoms with E-state index in [0.717, 1.165) is 33.2 Å². The van der Waals surface area contributed by atoms with Gasteiger partial charge in [-0.2, -0.15) is 5.10 Å². The maximum absolute atomic E-state index is 12.1. The minimum absolute atomic E-state index is 0.195. The van der Waals surface area contributed by atoms with Crippen LogP contribution in [0.3, 0.4) is 0 Å². The average Bonchev–Trinajstić information content (AvgIpc) is 3.15.